The van der Waals surface area contributed by atoms with Crippen LogP contribution in [0.3, 0.4) is 0 Å². The first kappa shape index (κ1) is 11.7. The zero-order chi connectivity index (χ0) is 13.6. The van der Waals surface area contributed by atoms with Gasteiger partial charge in [-0.3, -0.25) is 14.5 Å². The summed E-state index contributed by atoms with van der Waals surface area (Å²) in [5, 5.41) is 10.8. The Morgan fingerprint density at radius 1 is 1.37 bits per heavy atom. The van der Waals surface area contributed by atoms with E-state index in [4.69, 9.17) is 5.73 Å². The predicted octanol–water partition coefficient (Wildman–Crippen LogP) is 2.86. The Kier molecular flexibility index (Phi) is 2.49. The van der Waals surface area contributed by atoms with Crippen LogP contribution in [-0.2, 0) is 0 Å². The molecular formula is C12H10N4O2S. The van der Waals surface area contributed by atoms with Crippen LogP contribution in [0.15, 0.2) is 30.3 Å². The van der Waals surface area contributed by atoms with Gasteiger partial charge in [0.1, 0.15) is 17.2 Å². The van der Waals surface area contributed by atoms with Crippen molar-refractivity contribution >= 4 is 27.8 Å². The summed E-state index contributed by atoms with van der Waals surface area (Å²) in [5.41, 5.74) is 8.40. The van der Waals surface area contributed by atoms with Gasteiger partial charge in [-0.25, -0.2) is 4.98 Å². The second-order valence-electron chi connectivity index (χ2n) is 4.10. The van der Waals surface area contributed by atoms with E-state index in [-0.39, 0.29) is 5.00 Å². The van der Waals surface area contributed by atoms with E-state index < -0.39 is 4.92 Å². The third-order valence-corrected chi connectivity index (χ3v) is 3.92. The van der Waals surface area contributed by atoms with Crippen molar-refractivity contribution in [1.82, 2.24) is 9.38 Å². The summed E-state index contributed by atoms with van der Waals surface area (Å²) in [5.74, 6) is 0.504. The number of nitro groups is 1. The Bertz CT molecular complexity index is 790. The lowest BCUT2D eigenvalue weighted by Gasteiger charge is -2.00. The second kappa shape index (κ2) is 4.06. The van der Waals surface area contributed by atoms with E-state index >= 15 is 0 Å². The highest BCUT2D eigenvalue weighted by Crippen LogP contribution is 2.35. The van der Waals surface area contributed by atoms with Crippen LogP contribution in [-0.4, -0.2) is 14.3 Å². The molecule has 19 heavy (non-hydrogen) atoms. The number of rotatable bonds is 2. The topological polar surface area (TPSA) is 86.5 Å². The number of hydrogen-bond donors (Lipinski definition) is 1. The lowest BCUT2D eigenvalue weighted by Crippen LogP contribution is -1.96. The predicted molar refractivity (Wildman–Crippen MR) is 74.3 cm³/mol. The zero-order valence-electron chi connectivity index (χ0n) is 10.0. The van der Waals surface area contributed by atoms with E-state index in [1.165, 1.54) is 6.07 Å². The Morgan fingerprint density at radius 2 is 2.16 bits per heavy atom. The molecule has 3 heterocycles. The summed E-state index contributed by atoms with van der Waals surface area (Å²) in [4.78, 5) is 15.4. The van der Waals surface area contributed by atoms with Gasteiger partial charge in [0, 0.05) is 11.8 Å². The van der Waals surface area contributed by atoms with Crippen LogP contribution in [0, 0.1) is 17.0 Å². The van der Waals surface area contributed by atoms with Crippen molar-refractivity contribution in [3.63, 3.8) is 0 Å². The Hall–Kier alpha value is -2.41. The largest absolute Gasteiger partial charge is 0.383 e. The van der Waals surface area contributed by atoms with Crippen LogP contribution in [0.2, 0.25) is 0 Å². The Morgan fingerprint density at radius 3 is 2.79 bits per heavy atom. The number of nitrogens with zero attached hydrogens (tertiary/aromatic N) is 3. The third-order valence-electron chi connectivity index (χ3n) is 2.88. The van der Waals surface area contributed by atoms with Crippen molar-refractivity contribution in [3.8, 4) is 10.6 Å². The quantitative estimate of drug-likeness (QED) is 0.575. The Labute approximate surface area is 112 Å². The first-order chi connectivity index (χ1) is 9.08. The van der Waals surface area contributed by atoms with Gasteiger partial charge >= 0.3 is 5.00 Å². The van der Waals surface area contributed by atoms with E-state index in [0.717, 1.165) is 22.7 Å². The number of fused-ring (bicyclic) bond motifs is 1. The highest BCUT2D eigenvalue weighted by molar-refractivity contribution is 7.18. The molecule has 0 fully saturated rings. The van der Waals surface area contributed by atoms with Crippen molar-refractivity contribution in [3.05, 3.63) is 46.1 Å². The summed E-state index contributed by atoms with van der Waals surface area (Å²) >= 11 is 1.07. The molecule has 2 N–H and O–H groups in total. The molecule has 0 aliphatic carbocycles. The molecule has 3 aromatic heterocycles. The molecule has 0 bridgehead atoms. The number of imidazole rings is 1. The van der Waals surface area contributed by atoms with Crippen LogP contribution in [0.25, 0.3) is 16.2 Å². The average Bonchev–Trinajstić information content (AvgIpc) is 2.95. The fourth-order valence-electron chi connectivity index (χ4n) is 2.02. The van der Waals surface area contributed by atoms with Crippen LogP contribution in [0.4, 0.5) is 10.8 Å². The fourth-order valence-corrected chi connectivity index (χ4v) is 2.83. The van der Waals surface area contributed by atoms with Gasteiger partial charge in [0.15, 0.2) is 0 Å². The smallest absolute Gasteiger partial charge is 0.324 e. The molecule has 3 aromatic rings. The van der Waals surface area contributed by atoms with Gasteiger partial charge in [0.25, 0.3) is 0 Å². The lowest BCUT2D eigenvalue weighted by atomic mass is 10.3. The van der Waals surface area contributed by atoms with E-state index in [1.807, 2.05) is 29.5 Å². The summed E-state index contributed by atoms with van der Waals surface area (Å²) in [6.07, 6.45) is 0. The number of aromatic nitrogens is 2. The van der Waals surface area contributed by atoms with Gasteiger partial charge in [-0.1, -0.05) is 17.4 Å². The van der Waals surface area contributed by atoms with E-state index in [2.05, 4.69) is 4.98 Å². The number of nitrogen functional groups attached to an aromatic ring is 1. The number of pyridine rings is 1. The summed E-state index contributed by atoms with van der Waals surface area (Å²) in [7, 11) is 0. The molecule has 0 spiro atoms. The summed E-state index contributed by atoms with van der Waals surface area (Å²) in [6.45, 7) is 1.94. The summed E-state index contributed by atoms with van der Waals surface area (Å²) < 4.78 is 1.83. The van der Waals surface area contributed by atoms with Crippen LogP contribution < -0.4 is 5.73 Å². The number of hydrogen-bond acceptors (Lipinski definition) is 5. The maximum Gasteiger partial charge on any atom is 0.324 e. The van der Waals surface area contributed by atoms with E-state index in [9.17, 15) is 10.1 Å². The normalized spacial score (nSPS) is 11.0. The maximum atomic E-state index is 10.7. The fraction of sp³-hybridized carbons (Fsp3) is 0.0833. The lowest BCUT2D eigenvalue weighted by molar-refractivity contribution is -0.380. The van der Waals surface area contributed by atoms with Crippen molar-refractivity contribution < 1.29 is 4.92 Å². The van der Waals surface area contributed by atoms with Gasteiger partial charge < -0.3 is 5.73 Å². The van der Waals surface area contributed by atoms with Crippen molar-refractivity contribution in [2.24, 2.45) is 0 Å². The molecule has 0 saturated heterocycles. The molecular weight excluding hydrogens is 264 g/mol. The molecule has 0 atom stereocenters. The number of anilines is 1. The zero-order valence-corrected chi connectivity index (χ0v) is 10.8. The van der Waals surface area contributed by atoms with Crippen molar-refractivity contribution in [2.75, 3.05) is 5.73 Å². The molecule has 0 aliphatic heterocycles. The first-order valence-electron chi connectivity index (χ1n) is 5.56. The minimum Gasteiger partial charge on any atom is -0.383 e. The number of thiophene rings is 1. The average molecular weight is 274 g/mol. The van der Waals surface area contributed by atoms with Crippen LogP contribution in [0.1, 0.15) is 5.69 Å². The minimum atomic E-state index is -0.411. The van der Waals surface area contributed by atoms with E-state index in [1.54, 1.807) is 6.07 Å². The molecule has 0 radical (unpaired) electrons. The molecule has 7 heteroatoms. The van der Waals surface area contributed by atoms with Gasteiger partial charge in [-0.2, -0.15) is 0 Å². The molecule has 6 nitrogen and oxygen atoms in total. The van der Waals surface area contributed by atoms with E-state index in [0.29, 0.717) is 16.4 Å². The van der Waals surface area contributed by atoms with Crippen LogP contribution >= 0.6 is 11.3 Å². The van der Waals surface area contributed by atoms with Gasteiger partial charge in [-0.15, -0.1) is 0 Å². The maximum absolute atomic E-state index is 10.7. The van der Waals surface area contributed by atoms with Gasteiger partial charge in [0.05, 0.1) is 9.80 Å². The number of nitrogens with two attached hydrogens (primary N) is 1. The summed E-state index contributed by atoms with van der Waals surface area (Å²) in [6, 6.07) is 8.84. The monoisotopic (exact) mass is 274 g/mol. The third kappa shape index (κ3) is 1.75. The number of aryl methyl sites for hydroxylation is 1. The van der Waals surface area contributed by atoms with Gasteiger partial charge in [-0.05, 0) is 25.1 Å². The van der Waals surface area contributed by atoms with Crippen molar-refractivity contribution in [2.45, 2.75) is 6.92 Å². The first-order valence-corrected chi connectivity index (χ1v) is 6.37. The highest BCUT2D eigenvalue weighted by Gasteiger charge is 2.17. The second-order valence-corrected chi connectivity index (χ2v) is 5.16. The molecule has 0 aliphatic rings. The minimum absolute atomic E-state index is 0.0863. The molecule has 0 aromatic carbocycles. The van der Waals surface area contributed by atoms with Gasteiger partial charge in [0.2, 0.25) is 0 Å². The molecule has 0 amide bonds. The SMILES string of the molecule is Cc1cccc2nc(-c3ccc([N+](=O)[O-])s3)c(N)n12. The van der Waals surface area contributed by atoms with Crippen LogP contribution in [0.5, 0.6) is 0 Å². The molecule has 0 unspecified atom stereocenters. The Balaban J connectivity index is 2.22. The standard InChI is InChI=1S/C12H10N4O2S/c1-7-3-2-4-9-14-11(12(13)15(7)9)8-5-6-10(19-8)16(17)18/h2-6H,13H2,1H3. The van der Waals surface area contributed by atoms with Crippen molar-refractivity contribution in [1.29, 1.82) is 0 Å². The highest BCUT2D eigenvalue weighted by atomic mass is 32.1. The molecule has 0 saturated carbocycles. The molecule has 3 rings (SSSR count). The molecule has 96 valence electrons.